The fraction of sp³-hybridized carbons (Fsp3) is 0.417. The summed E-state index contributed by atoms with van der Waals surface area (Å²) in [6.07, 6.45) is 6.88. The Morgan fingerprint density at radius 1 is 1.50 bits per heavy atom. The lowest BCUT2D eigenvalue weighted by molar-refractivity contribution is 0.0703. The zero-order valence-electron chi connectivity index (χ0n) is 9.25. The van der Waals surface area contributed by atoms with Gasteiger partial charge < -0.3 is 10.4 Å². The van der Waals surface area contributed by atoms with Crippen molar-refractivity contribution >= 4 is 28.6 Å². The molecular formula is C12H15NO2S. The summed E-state index contributed by atoms with van der Waals surface area (Å²) in [4.78, 5) is 12.5. The molecular weight excluding hydrogens is 222 g/mol. The number of carboxylic acids is 1. The number of allylic oxidation sites excluding steroid dienone is 2. The van der Waals surface area contributed by atoms with E-state index in [1.54, 1.807) is 7.05 Å². The van der Waals surface area contributed by atoms with E-state index in [1.807, 2.05) is 6.07 Å². The molecule has 1 aliphatic carbocycles. The number of nitrogens with one attached hydrogen (secondary N) is 1. The van der Waals surface area contributed by atoms with Crippen molar-refractivity contribution in [3.63, 3.8) is 0 Å². The second-order valence-electron chi connectivity index (χ2n) is 3.88. The van der Waals surface area contributed by atoms with Gasteiger partial charge in [-0.15, -0.1) is 11.3 Å². The van der Waals surface area contributed by atoms with Crippen LogP contribution in [0.1, 0.15) is 40.2 Å². The summed E-state index contributed by atoms with van der Waals surface area (Å²) in [5, 5.41) is 12.0. The molecule has 1 heterocycles. The SMILES string of the molecule is CNc1cc(C2=CCCCC2)sc1C(=O)O. The Morgan fingerprint density at radius 2 is 2.31 bits per heavy atom. The summed E-state index contributed by atoms with van der Waals surface area (Å²) in [6, 6.07) is 1.95. The molecule has 1 aromatic rings. The van der Waals surface area contributed by atoms with Crippen LogP contribution in [-0.2, 0) is 0 Å². The van der Waals surface area contributed by atoms with Gasteiger partial charge in [-0.1, -0.05) is 6.08 Å². The Bertz CT molecular complexity index is 434. The molecule has 1 aromatic heterocycles. The monoisotopic (exact) mass is 237 g/mol. The Morgan fingerprint density at radius 3 is 2.81 bits per heavy atom. The lowest BCUT2D eigenvalue weighted by atomic mass is 9.98. The molecule has 1 aliphatic rings. The lowest BCUT2D eigenvalue weighted by Gasteiger charge is -2.10. The minimum atomic E-state index is -0.850. The number of carbonyl (C=O) groups is 1. The third-order valence-corrected chi connectivity index (χ3v) is 4.00. The highest BCUT2D eigenvalue weighted by Crippen LogP contribution is 2.36. The second-order valence-corrected chi connectivity index (χ2v) is 4.94. The Kier molecular flexibility index (Phi) is 3.29. The number of aromatic carboxylic acids is 1. The van der Waals surface area contributed by atoms with Crippen LogP contribution in [0.4, 0.5) is 5.69 Å². The van der Waals surface area contributed by atoms with Crippen molar-refractivity contribution in [2.75, 3.05) is 12.4 Å². The highest BCUT2D eigenvalue weighted by atomic mass is 32.1. The highest BCUT2D eigenvalue weighted by molar-refractivity contribution is 7.15. The molecule has 86 valence electrons. The van der Waals surface area contributed by atoms with E-state index in [9.17, 15) is 4.79 Å². The van der Waals surface area contributed by atoms with Crippen LogP contribution in [0, 0.1) is 0 Å². The predicted molar refractivity (Wildman–Crippen MR) is 67.3 cm³/mol. The fourth-order valence-corrected chi connectivity index (χ4v) is 3.03. The average Bonchev–Trinajstić information content (AvgIpc) is 2.74. The zero-order chi connectivity index (χ0) is 11.5. The third kappa shape index (κ3) is 2.11. The summed E-state index contributed by atoms with van der Waals surface area (Å²) in [6.45, 7) is 0. The first kappa shape index (κ1) is 11.2. The number of anilines is 1. The Balaban J connectivity index is 2.35. The molecule has 0 saturated heterocycles. The van der Waals surface area contributed by atoms with E-state index in [-0.39, 0.29) is 0 Å². The predicted octanol–water partition coefficient (Wildman–Crippen LogP) is 3.45. The van der Waals surface area contributed by atoms with Gasteiger partial charge in [0.25, 0.3) is 0 Å². The van der Waals surface area contributed by atoms with Gasteiger partial charge in [-0.25, -0.2) is 4.79 Å². The quantitative estimate of drug-likeness (QED) is 0.846. The topological polar surface area (TPSA) is 49.3 Å². The summed E-state index contributed by atoms with van der Waals surface area (Å²) in [5.41, 5.74) is 2.03. The molecule has 0 aromatic carbocycles. The van der Waals surface area contributed by atoms with E-state index in [1.165, 1.54) is 29.8 Å². The van der Waals surface area contributed by atoms with Crippen molar-refractivity contribution in [3.8, 4) is 0 Å². The first-order chi connectivity index (χ1) is 7.72. The maximum absolute atomic E-state index is 11.0. The van der Waals surface area contributed by atoms with Crippen LogP contribution in [0.3, 0.4) is 0 Å². The third-order valence-electron chi connectivity index (χ3n) is 2.80. The number of hydrogen-bond donors (Lipinski definition) is 2. The zero-order valence-corrected chi connectivity index (χ0v) is 10.1. The van der Waals surface area contributed by atoms with E-state index < -0.39 is 5.97 Å². The van der Waals surface area contributed by atoms with Crippen LogP contribution in [0.2, 0.25) is 0 Å². The molecule has 16 heavy (non-hydrogen) atoms. The van der Waals surface area contributed by atoms with Crippen LogP contribution in [0.25, 0.3) is 5.57 Å². The first-order valence-electron chi connectivity index (χ1n) is 5.46. The van der Waals surface area contributed by atoms with Gasteiger partial charge in [-0.05, 0) is 37.3 Å². The smallest absolute Gasteiger partial charge is 0.348 e. The van der Waals surface area contributed by atoms with Crippen molar-refractivity contribution in [2.24, 2.45) is 0 Å². The Hall–Kier alpha value is -1.29. The molecule has 0 bridgehead atoms. The van der Waals surface area contributed by atoms with Crippen molar-refractivity contribution < 1.29 is 9.90 Å². The van der Waals surface area contributed by atoms with Gasteiger partial charge >= 0.3 is 5.97 Å². The summed E-state index contributed by atoms with van der Waals surface area (Å²) < 4.78 is 0. The standard InChI is InChI=1S/C12H15NO2S/c1-13-9-7-10(16-11(9)12(14)15)8-5-3-2-4-6-8/h5,7,13H,2-4,6H2,1H3,(H,14,15). The molecule has 0 unspecified atom stereocenters. The molecule has 0 amide bonds. The fourth-order valence-electron chi connectivity index (χ4n) is 1.96. The largest absolute Gasteiger partial charge is 0.477 e. The van der Waals surface area contributed by atoms with Gasteiger partial charge in [0.2, 0.25) is 0 Å². The van der Waals surface area contributed by atoms with Gasteiger partial charge in [-0.3, -0.25) is 0 Å². The molecule has 0 radical (unpaired) electrons. The molecule has 0 fully saturated rings. The van der Waals surface area contributed by atoms with Crippen LogP contribution < -0.4 is 5.32 Å². The normalized spacial score (nSPS) is 15.7. The van der Waals surface area contributed by atoms with E-state index >= 15 is 0 Å². The highest BCUT2D eigenvalue weighted by Gasteiger charge is 2.17. The van der Waals surface area contributed by atoms with Gasteiger partial charge in [0.15, 0.2) is 0 Å². The molecule has 0 atom stereocenters. The van der Waals surface area contributed by atoms with Crippen molar-refractivity contribution in [1.82, 2.24) is 0 Å². The van der Waals surface area contributed by atoms with Gasteiger partial charge in [0.1, 0.15) is 4.88 Å². The number of carboxylic acid groups (broad SMARTS) is 1. The van der Waals surface area contributed by atoms with Crippen LogP contribution in [-0.4, -0.2) is 18.1 Å². The molecule has 3 nitrogen and oxygen atoms in total. The van der Waals surface area contributed by atoms with Crippen LogP contribution in [0.15, 0.2) is 12.1 Å². The molecule has 0 saturated carbocycles. The lowest BCUT2D eigenvalue weighted by Crippen LogP contribution is -1.97. The van der Waals surface area contributed by atoms with Crippen molar-refractivity contribution in [1.29, 1.82) is 0 Å². The van der Waals surface area contributed by atoms with Gasteiger partial charge in [-0.2, -0.15) is 0 Å². The summed E-state index contributed by atoms with van der Waals surface area (Å²) in [5.74, 6) is -0.850. The molecule has 0 aliphatic heterocycles. The summed E-state index contributed by atoms with van der Waals surface area (Å²) in [7, 11) is 1.76. The number of thiophene rings is 1. The summed E-state index contributed by atoms with van der Waals surface area (Å²) >= 11 is 1.37. The molecule has 4 heteroatoms. The Labute approximate surface area is 98.8 Å². The van der Waals surface area contributed by atoms with Gasteiger partial charge in [0.05, 0.1) is 5.69 Å². The molecule has 2 N–H and O–H groups in total. The molecule has 0 spiro atoms. The molecule has 2 rings (SSSR count). The van der Waals surface area contributed by atoms with Crippen LogP contribution in [0.5, 0.6) is 0 Å². The number of rotatable bonds is 3. The van der Waals surface area contributed by atoms with E-state index in [2.05, 4.69) is 11.4 Å². The first-order valence-corrected chi connectivity index (χ1v) is 6.28. The average molecular weight is 237 g/mol. The minimum Gasteiger partial charge on any atom is -0.477 e. The second kappa shape index (κ2) is 4.70. The van der Waals surface area contributed by atoms with Gasteiger partial charge in [0, 0.05) is 11.9 Å². The van der Waals surface area contributed by atoms with Crippen LogP contribution >= 0.6 is 11.3 Å². The maximum Gasteiger partial charge on any atom is 0.348 e. The van der Waals surface area contributed by atoms with Crippen molar-refractivity contribution in [3.05, 3.63) is 21.9 Å². The van der Waals surface area contributed by atoms with E-state index in [0.717, 1.165) is 23.4 Å². The van der Waals surface area contributed by atoms with Crippen molar-refractivity contribution in [2.45, 2.75) is 25.7 Å². The number of hydrogen-bond acceptors (Lipinski definition) is 3. The van der Waals surface area contributed by atoms with E-state index in [4.69, 9.17) is 5.11 Å². The van der Waals surface area contributed by atoms with E-state index in [0.29, 0.717) is 4.88 Å². The minimum absolute atomic E-state index is 0.406. The maximum atomic E-state index is 11.0.